The van der Waals surface area contributed by atoms with Gasteiger partial charge >= 0.3 is 0 Å². The third-order valence-corrected chi connectivity index (χ3v) is 5.35. The lowest BCUT2D eigenvalue weighted by molar-refractivity contribution is 0.249. The molecule has 1 aliphatic heterocycles. The van der Waals surface area contributed by atoms with Crippen molar-refractivity contribution in [3.63, 3.8) is 0 Å². The summed E-state index contributed by atoms with van der Waals surface area (Å²) in [5.41, 5.74) is 5.48. The van der Waals surface area contributed by atoms with E-state index in [1.165, 1.54) is 23.4 Å². The molecule has 3 aromatic rings. The average Bonchev–Trinajstić information content (AvgIpc) is 3.01. The quantitative estimate of drug-likeness (QED) is 0.668. The van der Waals surface area contributed by atoms with Crippen molar-refractivity contribution in [3.05, 3.63) is 65.9 Å². The van der Waals surface area contributed by atoms with Crippen LogP contribution in [0.25, 0.3) is 11.3 Å². The predicted octanol–water partition coefficient (Wildman–Crippen LogP) is 3.67. The highest BCUT2D eigenvalue weighted by Crippen LogP contribution is 2.29. The fraction of sp³-hybridized carbons (Fsp3) is 0.333. The number of pyridine rings is 1. The maximum Gasteiger partial charge on any atom is 0.123 e. The van der Waals surface area contributed by atoms with Gasteiger partial charge in [0.05, 0.1) is 17.6 Å². The molecule has 28 heavy (non-hydrogen) atoms. The van der Waals surface area contributed by atoms with Crippen molar-refractivity contribution in [2.75, 3.05) is 31.1 Å². The average molecular weight is 402 g/mol. The van der Waals surface area contributed by atoms with Crippen molar-refractivity contribution in [1.29, 1.82) is 0 Å². The van der Waals surface area contributed by atoms with Gasteiger partial charge in [-0.05, 0) is 43.3 Å². The Bertz CT molecular complexity index is 917. The topological polar surface area (TPSA) is 37.2 Å². The highest BCUT2D eigenvalue weighted by atomic mass is 35.5. The van der Waals surface area contributed by atoms with E-state index in [1.54, 1.807) is 18.3 Å². The Morgan fingerprint density at radius 2 is 1.75 bits per heavy atom. The molecule has 1 aliphatic rings. The molecular weight excluding hydrogens is 377 g/mol. The zero-order valence-electron chi connectivity index (χ0n) is 16.2. The van der Waals surface area contributed by atoms with Gasteiger partial charge in [-0.15, -0.1) is 12.4 Å². The number of benzene rings is 1. The molecule has 0 radical (unpaired) electrons. The van der Waals surface area contributed by atoms with E-state index in [9.17, 15) is 4.39 Å². The summed E-state index contributed by atoms with van der Waals surface area (Å²) in [6, 6.07) is 10.6. The zero-order chi connectivity index (χ0) is 18.8. The molecule has 5 nitrogen and oxygen atoms in total. The van der Waals surface area contributed by atoms with E-state index in [2.05, 4.69) is 32.9 Å². The Kier molecular flexibility index (Phi) is 6.31. The van der Waals surface area contributed by atoms with Crippen molar-refractivity contribution >= 4 is 18.1 Å². The Morgan fingerprint density at radius 1 is 1.04 bits per heavy atom. The lowest BCUT2D eigenvalue weighted by atomic mass is 10.1. The van der Waals surface area contributed by atoms with Crippen LogP contribution in [0.4, 0.5) is 10.1 Å². The second kappa shape index (κ2) is 8.71. The second-order valence-electron chi connectivity index (χ2n) is 7.02. The molecule has 4 rings (SSSR count). The number of piperazine rings is 1. The first kappa shape index (κ1) is 20.3. The van der Waals surface area contributed by atoms with Gasteiger partial charge in [0.1, 0.15) is 5.82 Å². The van der Waals surface area contributed by atoms with Gasteiger partial charge in [-0.2, -0.15) is 5.10 Å². The maximum atomic E-state index is 13.3. The minimum absolute atomic E-state index is 0. The molecule has 2 aromatic heterocycles. The first-order valence-electron chi connectivity index (χ1n) is 9.27. The number of aromatic nitrogens is 3. The van der Waals surface area contributed by atoms with Gasteiger partial charge < -0.3 is 4.90 Å². The van der Waals surface area contributed by atoms with Gasteiger partial charge in [-0.25, -0.2) is 4.39 Å². The molecule has 0 saturated carbocycles. The Morgan fingerprint density at radius 3 is 2.39 bits per heavy atom. The number of nitrogens with zero attached hydrogens (tertiary/aromatic N) is 5. The molecule has 1 saturated heterocycles. The van der Waals surface area contributed by atoms with Crippen LogP contribution in [0.15, 0.2) is 48.8 Å². The largest absolute Gasteiger partial charge is 0.367 e. The van der Waals surface area contributed by atoms with Gasteiger partial charge in [0.25, 0.3) is 0 Å². The minimum Gasteiger partial charge on any atom is -0.367 e. The van der Waals surface area contributed by atoms with Crippen molar-refractivity contribution < 1.29 is 4.39 Å². The van der Waals surface area contributed by atoms with Gasteiger partial charge in [0.15, 0.2) is 0 Å². The highest BCUT2D eigenvalue weighted by Gasteiger charge is 2.21. The molecule has 7 heteroatoms. The van der Waals surface area contributed by atoms with E-state index in [-0.39, 0.29) is 18.2 Å². The van der Waals surface area contributed by atoms with Crippen LogP contribution in [0.1, 0.15) is 11.3 Å². The first-order valence-corrected chi connectivity index (χ1v) is 9.27. The third kappa shape index (κ3) is 4.18. The lowest BCUT2D eigenvalue weighted by Crippen LogP contribution is -2.46. The number of aryl methyl sites for hydroxylation is 1. The van der Waals surface area contributed by atoms with Crippen LogP contribution in [0.2, 0.25) is 0 Å². The van der Waals surface area contributed by atoms with E-state index in [1.807, 2.05) is 24.0 Å². The third-order valence-electron chi connectivity index (χ3n) is 5.35. The molecule has 0 N–H and O–H groups in total. The SMILES string of the molecule is Cc1c(CN2CCN(c3cccnc3-c3ccc(F)cc3)CC2)cnn1C.Cl. The van der Waals surface area contributed by atoms with Gasteiger partial charge in [-0.3, -0.25) is 14.6 Å². The standard InChI is InChI=1S/C21H24FN5.ClH/c1-16-18(14-24-25(16)2)15-26-10-12-27(13-11-26)20-4-3-9-23-21(20)17-5-7-19(22)8-6-17;/h3-9,14H,10-13,15H2,1-2H3;1H. The Balaban J connectivity index is 0.00000225. The van der Waals surface area contributed by atoms with Gasteiger partial charge in [0.2, 0.25) is 0 Å². The number of anilines is 1. The summed E-state index contributed by atoms with van der Waals surface area (Å²) in [6.45, 7) is 6.92. The molecule has 1 fully saturated rings. The number of hydrogen-bond acceptors (Lipinski definition) is 4. The van der Waals surface area contributed by atoms with E-state index >= 15 is 0 Å². The van der Waals surface area contributed by atoms with Crippen molar-refractivity contribution in [2.45, 2.75) is 13.5 Å². The summed E-state index contributed by atoms with van der Waals surface area (Å²) in [6.07, 6.45) is 3.76. The summed E-state index contributed by atoms with van der Waals surface area (Å²) in [7, 11) is 1.98. The van der Waals surface area contributed by atoms with Crippen LogP contribution in [-0.4, -0.2) is 45.8 Å². The summed E-state index contributed by atoms with van der Waals surface area (Å²) >= 11 is 0. The molecule has 0 atom stereocenters. The molecule has 0 bridgehead atoms. The molecule has 148 valence electrons. The molecule has 3 heterocycles. The molecule has 0 unspecified atom stereocenters. The van der Waals surface area contributed by atoms with Crippen LogP contribution in [0.3, 0.4) is 0 Å². The van der Waals surface area contributed by atoms with E-state index in [0.717, 1.165) is 49.7 Å². The maximum absolute atomic E-state index is 13.3. The van der Waals surface area contributed by atoms with Gasteiger partial charge in [0, 0.05) is 62.8 Å². The molecular formula is C21H25ClFN5. The molecule has 0 aliphatic carbocycles. The van der Waals surface area contributed by atoms with Gasteiger partial charge in [-0.1, -0.05) is 0 Å². The van der Waals surface area contributed by atoms with Crippen LogP contribution in [0.5, 0.6) is 0 Å². The zero-order valence-corrected chi connectivity index (χ0v) is 17.0. The minimum atomic E-state index is -0.226. The van der Waals surface area contributed by atoms with E-state index in [0.29, 0.717) is 0 Å². The fourth-order valence-electron chi connectivity index (χ4n) is 3.57. The van der Waals surface area contributed by atoms with Crippen molar-refractivity contribution in [2.24, 2.45) is 7.05 Å². The van der Waals surface area contributed by atoms with Crippen molar-refractivity contribution in [3.8, 4) is 11.3 Å². The number of halogens is 2. The summed E-state index contributed by atoms with van der Waals surface area (Å²) < 4.78 is 15.2. The Labute approximate surface area is 171 Å². The number of rotatable bonds is 4. The molecule has 0 spiro atoms. The molecule has 1 aromatic carbocycles. The highest BCUT2D eigenvalue weighted by molar-refractivity contribution is 5.85. The van der Waals surface area contributed by atoms with Crippen LogP contribution in [0, 0.1) is 12.7 Å². The molecule has 0 amide bonds. The first-order chi connectivity index (χ1) is 13.1. The van der Waals surface area contributed by atoms with Crippen molar-refractivity contribution in [1.82, 2.24) is 19.7 Å². The normalized spacial score (nSPS) is 14.8. The van der Waals surface area contributed by atoms with E-state index < -0.39 is 0 Å². The second-order valence-corrected chi connectivity index (χ2v) is 7.02. The summed E-state index contributed by atoms with van der Waals surface area (Å²) in [4.78, 5) is 9.41. The monoisotopic (exact) mass is 401 g/mol. The predicted molar refractivity (Wildman–Crippen MR) is 112 cm³/mol. The summed E-state index contributed by atoms with van der Waals surface area (Å²) in [5, 5.41) is 4.34. The Hall–Kier alpha value is -2.44. The fourth-order valence-corrected chi connectivity index (χ4v) is 3.57. The smallest absolute Gasteiger partial charge is 0.123 e. The summed E-state index contributed by atoms with van der Waals surface area (Å²) in [5.74, 6) is -0.226. The lowest BCUT2D eigenvalue weighted by Gasteiger charge is -2.36. The van der Waals surface area contributed by atoms with E-state index in [4.69, 9.17) is 0 Å². The number of hydrogen-bond donors (Lipinski definition) is 0. The van der Waals surface area contributed by atoms with Crippen LogP contribution in [-0.2, 0) is 13.6 Å². The van der Waals surface area contributed by atoms with Crippen LogP contribution < -0.4 is 4.90 Å². The van der Waals surface area contributed by atoms with Crippen LogP contribution >= 0.6 is 12.4 Å².